The van der Waals surface area contributed by atoms with Crippen LogP contribution in [0.3, 0.4) is 0 Å². The smallest absolute Gasteiger partial charge is 0.255 e. The molecule has 2 heterocycles. The van der Waals surface area contributed by atoms with Gasteiger partial charge in [-0.05, 0) is 43.5 Å². The van der Waals surface area contributed by atoms with Gasteiger partial charge in [0.1, 0.15) is 0 Å². The van der Waals surface area contributed by atoms with Gasteiger partial charge in [-0.15, -0.1) is 0 Å². The van der Waals surface area contributed by atoms with Crippen LogP contribution in [0, 0.1) is 11.8 Å². The van der Waals surface area contributed by atoms with Crippen molar-refractivity contribution in [1.29, 1.82) is 0 Å². The van der Waals surface area contributed by atoms with Crippen LogP contribution in [0.2, 0.25) is 10.0 Å². The topological polar surface area (TPSA) is 32.3 Å². The molecule has 3 nitrogen and oxygen atoms in total. The molecule has 3 rings (SSSR count). The molecule has 0 bridgehead atoms. The zero-order valence-electron chi connectivity index (χ0n) is 10.5. The minimum absolute atomic E-state index is 0.00199. The van der Waals surface area contributed by atoms with Gasteiger partial charge in [0.15, 0.2) is 0 Å². The highest BCUT2D eigenvalue weighted by atomic mass is 35.5. The first-order valence-electron chi connectivity index (χ1n) is 6.61. The first-order chi connectivity index (χ1) is 9.16. The maximum absolute atomic E-state index is 12.5. The van der Waals surface area contributed by atoms with E-state index in [1.54, 1.807) is 18.2 Å². The van der Waals surface area contributed by atoms with Crippen molar-refractivity contribution in [3.8, 4) is 0 Å². The van der Waals surface area contributed by atoms with E-state index in [0.29, 0.717) is 21.5 Å². The third-order valence-corrected chi connectivity index (χ3v) is 4.99. The quantitative estimate of drug-likeness (QED) is 0.864. The molecular formula is C14H16Cl2N2O. The van der Waals surface area contributed by atoms with Crippen LogP contribution in [0.15, 0.2) is 18.2 Å². The number of nitrogens with zero attached hydrogens (tertiary/aromatic N) is 1. The average Bonchev–Trinajstić information content (AvgIpc) is 2.88. The van der Waals surface area contributed by atoms with Crippen LogP contribution in [0.25, 0.3) is 0 Å². The summed E-state index contributed by atoms with van der Waals surface area (Å²) in [4.78, 5) is 14.4. The Labute approximate surface area is 122 Å². The van der Waals surface area contributed by atoms with Crippen LogP contribution in [0.1, 0.15) is 16.8 Å². The van der Waals surface area contributed by atoms with Gasteiger partial charge in [-0.2, -0.15) is 0 Å². The molecule has 1 aromatic rings. The number of fused-ring (bicyclic) bond motifs is 1. The fourth-order valence-electron chi connectivity index (χ4n) is 3.06. The molecule has 2 fully saturated rings. The van der Waals surface area contributed by atoms with Crippen LogP contribution in [0.5, 0.6) is 0 Å². The molecule has 0 spiro atoms. The number of likely N-dealkylation sites (tertiary alicyclic amines) is 1. The number of piperidine rings is 1. The van der Waals surface area contributed by atoms with E-state index < -0.39 is 0 Å². The van der Waals surface area contributed by atoms with Crippen molar-refractivity contribution in [2.45, 2.75) is 6.42 Å². The molecular weight excluding hydrogens is 283 g/mol. The third-order valence-electron chi connectivity index (χ3n) is 4.17. The highest BCUT2D eigenvalue weighted by Gasteiger charge is 2.35. The molecule has 0 aliphatic carbocycles. The van der Waals surface area contributed by atoms with Crippen LogP contribution in [0.4, 0.5) is 0 Å². The number of rotatable bonds is 1. The van der Waals surface area contributed by atoms with Gasteiger partial charge >= 0.3 is 0 Å². The predicted octanol–water partition coefficient (Wildman–Crippen LogP) is 2.67. The molecule has 1 aromatic carbocycles. The highest BCUT2D eigenvalue weighted by molar-refractivity contribution is 6.43. The monoisotopic (exact) mass is 298 g/mol. The van der Waals surface area contributed by atoms with Crippen molar-refractivity contribution in [3.63, 3.8) is 0 Å². The molecule has 1 N–H and O–H groups in total. The molecule has 2 unspecified atom stereocenters. The Morgan fingerprint density at radius 2 is 2.05 bits per heavy atom. The van der Waals surface area contributed by atoms with Gasteiger partial charge in [-0.3, -0.25) is 4.79 Å². The summed E-state index contributed by atoms with van der Waals surface area (Å²) in [5.74, 6) is 1.30. The van der Waals surface area contributed by atoms with Gasteiger partial charge in [0.05, 0.1) is 15.6 Å². The summed E-state index contributed by atoms with van der Waals surface area (Å²) in [5.41, 5.74) is 0.513. The second kappa shape index (κ2) is 5.31. The minimum atomic E-state index is -0.00199. The number of halogens is 2. The molecule has 2 saturated heterocycles. The Morgan fingerprint density at radius 1 is 1.26 bits per heavy atom. The number of benzene rings is 1. The summed E-state index contributed by atoms with van der Waals surface area (Å²) in [6.07, 6.45) is 1.07. The molecule has 2 aliphatic rings. The normalized spacial score (nSPS) is 26.3. The van der Waals surface area contributed by atoms with Crippen molar-refractivity contribution in [3.05, 3.63) is 33.8 Å². The molecule has 19 heavy (non-hydrogen) atoms. The molecule has 2 atom stereocenters. The summed E-state index contributed by atoms with van der Waals surface area (Å²) in [5, 5.41) is 4.20. The average molecular weight is 299 g/mol. The highest BCUT2D eigenvalue weighted by Crippen LogP contribution is 2.30. The minimum Gasteiger partial charge on any atom is -0.338 e. The van der Waals surface area contributed by atoms with Gasteiger partial charge in [-0.1, -0.05) is 29.3 Å². The zero-order valence-corrected chi connectivity index (χ0v) is 12.0. The van der Waals surface area contributed by atoms with Crippen molar-refractivity contribution in [2.24, 2.45) is 11.8 Å². The van der Waals surface area contributed by atoms with E-state index in [1.807, 2.05) is 4.90 Å². The number of carbonyl (C=O) groups excluding carboxylic acids is 1. The lowest BCUT2D eigenvalue weighted by Crippen LogP contribution is -2.43. The Balaban J connectivity index is 1.79. The first-order valence-corrected chi connectivity index (χ1v) is 7.36. The van der Waals surface area contributed by atoms with E-state index in [2.05, 4.69) is 5.32 Å². The number of hydrogen-bond donors (Lipinski definition) is 1. The Morgan fingerprint density at radius 3 is 2.89 bits per heavy atom. The Kier molecular flexibility index (Phi) is 3.70. The van der Waals surface area contributed by atoms with E-state index in [9.17, 15) is 4.79 Å². The second-order valence-corrected chi connectivity index (χ2v) is 6.10. The maximum Gasteiger partial charge on any atom is 0.255 e. The van der Waals surface area contributed by atoms with Crippen molar-refractivity contribution in [1.82, 2.24) is 10.2 Å². The van der Waals surface area contributed by atoms with E-state index in [4.69, 9.17) is 23.2 Å². The molecule has 0 saturated carbocycles. The van der Waals surface area contributed by atoms with Gasteiger partial charge in [0, 0.05) is 13.1 Å². The number of hydrogen-bond acceptors (Lipinski definition) is 2. The summed E-state index contributed by atoms with van der Waals surface area (Å²) >= 11 is 12.1. The van der Waals surface area contributed by atoms with E-state index in [1.165, 1.54) is 0 Å². The lowest BCUT2D eigenvalue weighted by atomic mass is 9.88. The molecule has 1 amide bonds. The third kappa shape index (κ3) is 2.47. The fraction of sp³-hybridized carbons (Fsp3) is 0.500. The maximum atomic E-state index is 12.5. The number of carbonyl (C=O) groups is 1. The summed E-state index contributed by atoms with van der Waals surface area (Å²) in [7, 11) is 0. The molecule has 0 aromatic heterocycles. The largest absolute Gasteiger partial charge is 0.338 e. The summed E-state index contributed by atoms with van der Waals surface area (Å²) < 4.78 is 0. The lowest BCUT2D eigenvalue weighted by molar-refractivity contribution is 0.0642. The van der Waals surface area contributed by atoms with Crippen LogP contribution >= 0.6 is 23.2 Å². The van der Waals surface area contributed by atoms with E-state index in [-0.39, 0.29) is 5.91 Å². The summed E-state index contributed by atoms with van der Waals surface area (Å²) in [6, 6.07) is 5.22. The van der Waals surface area contributed by atoms with Crippen LogP contribution in [-0.4, -0.2) is 37.0 Å². The molecule has 2 aliphatic heterocycles. The zero-order chi connectivity index (χ0) is 13.4. The Bertz CT molecular complexity index is 506. The molecule has 5 heteroatoms. The van der Waals surface area contributed by atoms with Gasteiger partial charge in [0.25, 0.3) is 5.91 Å². The second-order valence-electron chi connectivity index (χ2n) is 5.32. The lowest BCUT2D eigenvalue weighted by Gasteiger charge is -2.34. The van der Waals surface area contributed by atoms with Gasteiger partial charge < -0.3 is 10.2 Å². The van der Waals surface area contributed by atoms with E-state index >= 15 is 0 Å². The van der Waals surface area contributed by atoms with Gasteiger partial charge in [-0.25, -0.2) is 0 Å². The van der Waals surface area contributed by atoms with E-state index in [0.717, 1.165) is 38.5 Å². The van der Waals surface area contributed by atoms with Crippen molar-refractivity contribution >= 4 is 29.1 Å². The van der Waals surface area contributed by atoms with Crippen molar-refractivity contribution in [2.75, 3.05) is 26.2 Å². The fourth-order valence-corrected chi connectivity index (χ4v) is 3.44. The molecule has 102 valence electrons. The van der Waals surface area contributed by atoms with Crippen LogP contribution < -0.4 is 5.32 Å². The van der Waals surface area contributed by atoms with Gasteiger partial charge in [0.2, 0.25) is 0 Å². The number of amides is 1. The van der Waals surface area contributed by atoms with Crippen molar-refractivity contribution < 1.29 is 4.79 Å². The first kappa shape index (κ1) is 13.2. The molecule has 0 radical (unpaired) electrons. The van der Waals surface area contributed by atoms with Crippen LogP contribution in [-0.2, 0) is 0 Å². The Hall–Kier alpha value is -0.770. The summed E-state index contributed by atoms with van der Waals surface area (Å²) in [6.45, 7) is 3.73. The SMILES string of the molecule is O=C(c1cccc(Cl)c1Cl)N1CCC2CNCC2C1. The standard InChI is InChI=1S/C14H16Cl2N2O/c15-12-3-1-2-11(13(12)16)14(19)18-5-4-9-6-17-7-10(9)8-18/h1-3,9-10,17H,4-8H2. The predicted molar refractivity (Wildman–Crippen MR) is 76.8 cm³/mol. The number of nitrogens with one attached hydrogen (secondary N) is 1.